The quantitative estimate of drug-likeness (QED) is 0.828. The summed E-state index contributed by atoms with van der Waals surface area (Å²) in [7, 11) is -3.36. The number of nitrogens with two attached hydrogens (primary N) is 1. The molecular weight excluding hydrogens is 276 g/mol. The van der Waals surface area contributed by atoms with E-state index in [9.17, 15) is 13.2 Å². The molecule has 1 aliphatic rings. The fourth-order valence-electron chi connectivity index (χ4n) is 2.01. The van der Waals surface area contributed by atoms with Gasteiger partial charge >= 0.3 is 0 Å². The average Bonchev–Trinajstić information content (AvgIpc) is 3.19. The highest BCUT2D eigenvalue weighted by Gasteiger charge is 2.37. The lowest BCUT2D eigenvalue weighted by atomic mass is 10.2. The number of carbonyl (C=O) groups excluding carboxylic acids is 1. The number of rotatable bonds is 5. The normalized spacial score (nSPS) is 16.7. The van der Waals surface area contributed by atoms with Crippen LogP contribution in [0.25, 0.3) is 0 Å². The Kier molecular flexibility index (Phi) is 4.04. The first kappa shape index (κ1) is 14.8. The molecule has 1 fully saturated rings. The number of hydrogen-bond acceptors (Lipinski definition) is 4. The number of anilines is 1. The first-order valence-corrected chi connectivity index (χ1v) is 8.58. The van der Waals surface area contributed by atoms with Crippen LogP contribution in [0, 0.1) is 0 Å². The van der Waals surface area contributed by atoms with Gasteiger partial charge in [0.2, 0.25) is 5.91 Å². The highest BCUT2D eigenvalue weighted by molar-refractivity contribution is 7.92. The largest absolute Gasteiger partial charge is 0.399 e. The van der Waals surface area contributed by atoms with Gasteiger partial charge < -0.3 is 10.6 Å². The molecule has 5 nitrogen and oxygen atoms in total. The fraction of sp³-hybridized carbons (Fsp3) is 0.500. The number of sulfone groups is 1. The summed E-state index contributed by atoms with van der Waals surface area (Å²) in [5, 5.41) is -0.989. The predicted molar refractivity (Wildman–Crippen MR) is 78.7 cm³/mol. The van der Waals surface area contributed by atoms with Gasteiger partial charge in [-0.1, -0.05) is 12.1 Å². The summed E-state index contributed by atoms with van der Waals surface area (Å²) < 4.78 is 23.1. The molecule has 1 atom stereocenters. The van der Waals surface area contributed by atoms with Gasteiger partial charge in [0.1, 0.15) is 5.25 Å². The third-order valence-corrected chi connectivity index (χ3v) is 5.08. The topological polar surface area (TPSA) is 80.5 Å². The Labute approximate surface area is 119 Å². The van der Waals surface area contributed by atoms with Gasteiger partial charge in [0.05, 0.1) is 0 Å². The SMILES string of the molecule is CC(C(=O)N(Cc1ccc(N)cc1)C1CC1)S(C)(=O)=O. The number of nitrogens with zero attached hydrogens (tertiary/aromatic N) is 1. The van der Waals surface area contributed by atoms with Crippen LogP contribution in [0.3, 0.4) is 0 Å². The summed E-state index contributed by atoms with van der Waals surface area (Å²) in [5.74, 6) is -0.313. The van der Waals surface area contributed by atoms with Crippen molar-refractivity contribution in [3.05, 3.63) is 29.8 Å². The van der Waals surface area contributed by atoms with E-state index >= 15 is 0 Å². The third kappa shape index (κ3) is 3.50. The smallest absolute Gasteiger partial charge is 0.241 e. The lowest BCUT2D eigenvalue weighted by molar-refractivity contribution is -0.131. The van der Waals surface area contributed by atoms with Crippen molar-refractivity contribution in [3.8, 4) is 0 Å². The molecule has 1 aromatic carbocycles. The van der Waals surface area contributed by atoms with Crippen LogP contribution in [0.1, 0.15) is 25.3 Å². The Morgan fingerprint density at radius 1 is 1.35 bits per heavy atom. The number of benzene rings is 1. The highest BCUT2D eigenvalue weighted by Crippen LogP contribution is 2.29. The second-order valence-corrected chi connectivity index (χ2v) is 7.78. The summed E-state index contributed by atoms with van der Waals surface area (Å²) in [6.45, 7) is 1.89. The van der Waals surface area contributed by atoms with Crippen molar-refractivity contribution < 1.29 is 13.2 Å². The van der Waals surface area contributed by atoms with Gasteiger partial charge in [-0.25, -0.2) is 8.42 Å². The van der Waals surface area contributed by atoms with Crippen molar-refractivity contribution in [2.45, 2.75) is 37.6 Å². The van der Waals surface area contributed by atoms with Gasteiger partial charge in [0.25, 0.3) is 0 Å². The van der Waals surface area contributed by atoms with Gasteiger partial charge in [-0.05, 0) is 37.5 Å². The molecule has 0 aromatic heterocycles. The van der Waals surface area contributed by atoms with Crippen LogP contribution in [0.4, 0.5) is 5.69 Å². The Hall–Kier alpha value is -1.56. The van der Waals surface area contributed by atoms with E-state index in [1.54, 1.807) is 17.0 Å². The van der Waals surface area contributed by atoms with E-state index in [-0.39, 0.29) is 11.9 Å². The van der Waals surface area contributed by atoms with E-state index < -0.39 is 15.1 Å². The standard InChI is InChI=1S/C14H20N2O3S/c1-10(20(2,18)19)14(17)16(13-7-8-13)9-11-3-5-12(15)6-4-11/h3-6,10,13H,7-9,15H2,1-2H3. The van der Waals surface area contributed by atoms with Crippen LogP contribution in [-0.4, -0.2) is 36.8 Å². The van der Waals surface area contributed by atoms with Crippen molar-refractivity contribution >= 4 is 21.4 Å². The molecule has 0 heterocycles. The first-order chi connectivity index (χ1) is 9.29. The Bertz CT molecular complexity index is 591. The van der Waals surface area contributed by atoms with E-state index in [4.69, 9.17) is 5.73 Å². The van der Waals surface area contributed by atoms with E-state index in [1.165, 1.54) is 6.92 Å². The van der Waals surface area contributed by atoms with E-state index in [2.05, 4.69) is 0 Å². The van der Waals surface area contributed by atoms with Gasteiger partial charge in [0.15, 0.2) is 9.84 Å². The van der Waals surface area contributed by atoms with Crippen LogP contribution in [0.15, 0.2) is 24.3 Å². The Morgan fingerprint density at radius 2 is 1.90 bits per heavy atom. The molecule has 0 spiro atoms. The summed E-state index contributed by atoms with van der Waals surface area (Å²) in [6, 6.07) is 7.46. The molecule has 2 rings (SSSR count). The van der Waals surface area contributed by atoms with Crippen molar-refractivity contribution in [3.63, 3.8) is 0 Å². The molecular formula is C14H20N2O3S. The van der Waals surface area contributed by atoms with Gasteiger partial charge in [-0.15, -0.1) is 0 Å². The van der Waals surface area contributed by atoms with Crippen molar-refractivity contribution in [1.29, 1.82) is 0 Å². The fourth-order valence-corrected chi connectivity index (χ4v) is 2.51. The molecule has 1 aromatic rings. The average molecular weight is 296 g/mol. The molecule has 1 aliphatic carbocycles. The first-order valence-electron chi connectivity index (χ1n) is 6.63. The second-order valence-electron chi connectivity index (χ2n) is 5.41. The van der Waals surface area contributed by atoms with Crippen molar-refractivity contribution in [2.24, 2.45) is 0 Å². The molecule has 0 bridgehead atoms. The molecule has 1 unspecified atom stereocenters. The van der Waals surface area contributed by atoms with Gasteiger partial charge in [0, 0.05) is 24.5 Å². The van der Waals surface area contributed by atoms with Crippen LogP contribution in [0.2, 0.25) is 0 Å². The Morgan fingerprint density at radius 3 is 2.35 bits per heavy atom. The molecule has 0 radical (unpaired) electrons. The maximum Gasteiger partial charge on any atom is 0.241 e. The van der Waals surface area contributed by atoms with Gasteiger partial charge in [-0.2, -0.15) is 0 Å². The van der Waals surface area contributed by atoms with Crippen LogP contribution >= 0.6 is 0 Å². The zero-order valence-electron chi connectivity index (χ0n) is 11.7. The summed E-state index contributed by atoms with van der Waals surface area (Å²) >= 11 is 0. The maximum absolute atomic E-state index is 12.4. The lowest BCUT2D eigenvalue weighted by Gasteiger charge is -2.25. The number of nitrogen functional groups attached to an aromatic ring is 1. The van der Waals surface area contributed by atoms with E-state index in [1.807, 2.05) is 12.1 Å². The lowest BCUT2D eigenvalue weighted by Crippen LogP contribution is -2.42. The zero-order valence-corrected chi connectivity index (χ0v) is 12.6. The summed E-state index contributed by atoms with van der Waals surface area (Å²) in [5.41, 5.74) is 7.26. The molecule has 1 amide bonds. The number of hydrogen-bond donors (Lipinski definition) is 1. The molecule has 6 heteroatoms. The monoisotopic (exact) mass is 296 g/mol. The number of carbonyl (C=O) groups is 1. The minimum atomic E-state index is -3.36. The molecule has 0 saturated heterocycles. The Balaban J connectivity index is 2.15. The minimum Gasteiger partial charge on any atom is -0.399 e. The highest BCUT2D eigenvalue weighted by atomic mass is 32.2. The molecule has 1 saturated carbocycles. The molecule has 2 N–H and O–H groups in total. The molecule has 20 heavy (non-hydrogen) atoms. The van der Waals surface area contributed by atoms with Gasteiger partial charge in [-0.3, -0.25) is 4.79 Å². The molecule has 110 valence electrons. The maximum atomic E-state index is 12.4. The van der Waals surface area contributed by atoms with Crippen molar-refractivity contribution in [1.82, 2.24) is 4.90 Å². The van der Waals surface area contributed by atoms with Crippen LogP contribution in [0.5, 0.6) is 0 Å². The van der Waals surface area contributed by atoms with Crippen molar-refractivity contribution in [2.75, 3.05) is 12.0 Å². The van der Waals surface area contributed by atoms with E-state index in [0.717, 1.165) is 24.7 Å². The minimum absolute atomic E-state index is 0.171. The summed E-state index contributed by atoms with van der Waals surface area (Å²) in [6.07, 6.45) is 2.98. The van der Waals surface area contributed by atoms with Crippen LogP contribution < -0.4 is 5.73 Å². The third-order valence-electron chi connectivity index (χ3n) is 3.59. The van der Waals surface area contributed by atoms with E-state index in [0.29, 0.717) is 12.2 Å². The predicted octanol–water partition coefficient (Wildman–Crippen LogP) is 1.19. The summed E-state index contributed by atoms with van der Waals surface area (Å²) in [4.78, 5) is 14.0. The second kappa shape index (κ2) is 5.44. The molecule has 0 aliphatic heterocycles. The zero-order chi connectivity index (χ0) is 14.9. The number of amides is 1. The van der Waals surface area contributed by atoms with Crippen LogP contribution in [-0.2, 0) is 21.2 Å².